The first-order valence-electron chi connectivity index (χ1n) is 9.00. The molecule has 0 unspecified atom stereocenters. The van der Waals surface area contributed by atoms with Gasteiger partial charge in [0.1, 0.15) is 0 Å². The fourth-order valence-corrected chi connectivity index (χ4v) is 3.80. The van der Waals surface area contributed by atoms with Crippen LogP contribution in [0.5, 0.6) is 0 Å². The van der Waals surface area contributed by atoms with Crippen LogP contribution in [0.2, 0.25) is 0 Å². The lowest BCUT2D eigenvalue weighted by molar-refractivity contribution is -0.117. The maximum absolute atomic E-state index is 12.4. The summed E-state index contributed by atoms with van der Waals surface area (Å²) in [5, 5.41) is 2.97. The largest absolute Gasteiger partial charge is 0.339 e. The molecule has 1 aromatic carbocycles. The zero-order chi connectivity index (χ0) is 17.1. The Hall–Kier alpha value is -1.88. The Morgan fingerprint density at radius 2 is 1.96 bits per heavy atom. The number of nitrogens with zero attached hydrogens (tertiary/aromatic N) is 1. The molecular weight excluding hydrogens is 302 g/mol. The van der Waals surface area contributed by atoms with E-state index in [2.05, 4.69) is 5.32 Å². The molecule has 24 heavy (non-hydrogen) atoms. The van der Waals surface area contributed by atoms with E-state index in [1.54, 1.807) is 0 Å². The fourth-order valence-electron chi connectivity index (χ4n) is 3.80. The lowest BCUT2D eigenvalue weighted by Gasteiger charge is -2.17. The Kier molecular flexibility index (Phi) is 5.19. The molecule has 1 aliphatic carbocycles. The molecule has 1 aliphatic heterocycles. The molecule has 0 bridgehead atoms. The van der Waals surface area contributed by atoms with Crippen LogP contribution >= 0.6 is 0 Å². The van der Waals surface area contributed by atoms with Crippen LogP contribution in [0.1, 0.15) is 54.4 Å². The molecule has 2 fully saturated rings. The van der Waals surface area contributed by atoms with Crippen molar-refractivity contribution in [3.8, 4) is 0 Å². The van der Waals surface area contributed by atoms with Crippen LogP contribution in [0.4, 0.5) is 5.69 Å². The average Bonchev–Trinajstić information content (AvgIpc) is 3.21. The van der Waals surface area contributed by atoms with Gasteiger partial charge in [0.15, 0.2) is 0 Å². The molecule has 3 rings (SSSR count). The Balaban J connectivity index is 1.62. The standard InChI is InChI=1S/C19H27N3O2/c1-13-11-15(19(24)22-9-2-3-10-22)7-8-17(13)21-18(23)12-14-5-4-6-16(14)20/h7-8,11,14,16H,2-6,9-10,12,20H2,1H3,(H,21,23)/t14-,16+/m0/s1. The highest BCUT2D eigenvalue weighted by Crippen LogP contribution is 2.27. The molecule has 1 saturated heterocycles. The first-order valence-corrected chi connectivity index (χ1v) is 9.00. The number of benzene rings is 1. The van der Waals surface area contributed by atoms with Gasteiger partial charge in [0, 0.05) is 36.8 Å². The molecule has 2 atom stereocenters. The molecule has 3 N–H and O–H groups in total. The van der Waals surface area contributed by atoms with E-state index < -0.39 is 0 Å². The van der Waals surface area contributed by atoms with Crippen LogP contribution in [0, 0.1) is 12.8 Å². The highest BCUT2D eigenvalue weighted by atomic mass is 16.2. The number of nitrogens with one attached hydrogen (secondary N) is 1. The fraction of sp³-hybridized carbons (Fsp3) is 0.579. The number of rotatable bonds is 4. The highest BCUT2D eigenvalue weighted by molar-refractivity contribution is 5.96. The van der Waals surface area contributed by atoms with Crippen LogP contribution in [-0.4, -0.2) is 35.8 Å². The van der Waals surface area contributed by atoms with E-state index in [1.165, 1.54) is 0 Å². The van der Waals surface area contributed by atoms with E-state index in [0.717, 1.165) is 56.4 Å². The van der Waals surface area contributed by atoms with Crippen LogP contribution in [0.15, 0.2) is 18.2 Å². The van der Waals surface area contributed by atoms with Gasteiger partial charge < -0.3 is 16.0 Å². The van der Waals surface area contributed by atoms with Crippen molar-refractivity contribution >= 4 is 17.5 Å². The molecule has 5 nitrogen and oxygen atoms in total. The summed E-state index contributed by atoms with van der Waals surface area (Å²) >= 11 is 0. The number of amides is 2. The third-order valence-electron chi connectivity index (χ3n) is 5.31. The van der Waals surface area contributed by atoms with Crippen molar-refractivity contribution in [1.82, 2.24) is 4.90 Å². The number of aryl methyl sites for hydroxylation is 1. The van der Waals surface area contributed by atoms with E-state index in [9.17, 15) is 9.59 Å². The maximum Gasteiger partial charge on any atom is 0.253 e. The summed E-state index contributed by atoms with van der Waals surface area (Å²) in [5.74, 6) is 0.394. The second-order valence-electron chi connectivity index (χ2n) is 7.14. The number of carbonyl (C=O) groups is 2. The summed E-state index contributed by atoms with van der Waals surface area (Å²) in [4.78, 5) is 26.6. The predicted octanol–water partition coefficient (Wildman–Crippen LogP) is 2.69. The molecule has 5 heteroatoms. The summed E-state index contributed by atoms with van der Waals surface area (Å²) < 4.78 is 0. The summed E-state index contributed by atoms with van der Waals surface area (Å²) in [6, 6.07) is 5.67. The first-order chi connectivity index (χ1) is 11.5. The third-order valence-corrected chi connectivity index (χ3v) is 5.31. The average molecular weight is 329 g/mol. The van der Waals surface area contributed by atoms with E-state index in [0.29, 0.717) is 17.9 Å². The quantitative estimate of drug-likeness (QED) is 0.892. The van der Waals surface area contributed by atoms with E-state index >= 15 is 0 Å². The van der Waals surface area contributed by atoms with Crippen LogP contribution < -0.4 is 11.1 Å². The van der Waals surface area contributed by atoms with Crippen molar-refractivity contribution in [2.24, 2.45) is 11.7 Å². The van der Waals surface area contributed by atoms with Gasteiger partial charge in [-0.1, -0.05) is 6.42 Å². The number of hydrogen-bond acceptors (Lipinski definition) is 3. The van der Waals surface area contributed by atoms with Crippen molar-refractivity contribution in [2.45, 2.75) is 51.5 Å². The second-order valence-corrected chi connectivity index (χ2v) is 7.14. The van der Waals surface area contributed by atoms with Gasteiger partial charge in [-0.15, -0.1) is 0 Å². The SMILES string of the molecule is Cc1cc(C(=O)N2CCCC2)ccc1NC(=O)C[C@@H]1CCC[C@H]1N. The summed E-state index contributed by atoms with van der Waals surface area (Å²) in [7, 11) is 0. The Morgan fingerprint density at radius 1 is 1.21 bits per heavy atom. The Bertz CT molecular complexity index is 623. The highest BCUT2D eigenvalue weighted by Gasteiger charge is 2.26. The minimum atomic E-state index is 0.0130. The molecule has 1 saturated carbocycles. The summed E-state index contributed by atoms with van der Waals surface area (Å²) in [5.41, 5.74) is 8.44. The van der Waals surface area contributed by atoms with Gasteiger partial charge in [0.2, 0.25) is 5.91 Å². The van der Waals surface area contributed by atoms with Gasteiger partial charge in [0.25, 0.3) is 5.91 Å². The van der Waals surface area contributed by atoms with Crippen molar-refractivity contribution < 1.29 is 9.59 Å². The van der Waals surface area contributed by atoms with Crippen molar-refractivity contribution in [3.63, 3.8) is 0 Å². The number of nitrogens with two attached hydrogens (primary N) is 1. The molecule has 2 amide bonds. The van der Waals surface area contributed by atoms with Gasteiger partial charge >= 0.3 is 0 Å². The lowest BCUT2D eigenvalue weighted by atomic mass is 9.99. The number of anilines is 1. The Morgan fingerprint density at radius 3 is 2.58 bits per heavy atom. The van der Waals surface area contributed by atoms with Crippen LogP contribution in [0.25, 0.3) is 0 Å². The van der Waals surface area contributed by atoms with Crippen molar-refractivity contribution in [3.05, 3.63) is 29.3 Å². The third kappa shape index (κ3) is 3.78. The van der Waals surface area contributed by atoms with Gasteiger partial charge in [-0.2, -0.15) is 0 Å². The molecular formula is C19H27N3O2. The van der Waals surface area contributed by atoms with Crippen LogP contribution in [-0.2, 0) is 4.79 Å². The van der Waals surface area contributed by atoms with Gasteiger partial charge in [-0.3, -0.25) is 9.59 Å². The van der Waals surface area contributed by atoms with E-state index in [1.807, 2.05) is 30.0 Å². The summed E-state index contributed by atoms with van der Waals surface area (Å²) in [6.07, 6.45) is 5.83. The smallest absolute Gasteiger partial charge is 0.253 e. The zero-order valence-electron chi connectivity index (χ0n) is 14.4. The molecule has 1 aromatic rings. The maximum atomic E-state index is 12.4. The van der Waals surface area contributed by atoms with Gasteiger partial charge in [-0.05, 0) is 62.3 Å². The molecule has 0 spiro atoms. The second kappa shape index (κ2) is 7.34. The normalized spacial score (nSPS) is 23.5. The topological polar surface area (TPSA) is 75.4 Å². The predicted molar refractivity (Wildman–Crippen MR) is 94.9 cm³/mol. The number of likely N-dealkylation sites (tertiary alicyclic amines) is 1. The molecule has 0 radical (unpaired) electrons. The zero-order valence-corrected chi connectivity index (χ0v) is 14.4. The van der Waals surface area contributed by atoms with Crippen LogP contribution in [0.3, 0.4) is 0 Å². The van der Waals surface area contributed by atoms with Crippen molar-refractivity contribution in [2.75, 3.05) is 18.4 Å². The van der Waals surface area contributed by atoms with Gasteiger partial charge in [0.05, 0.1) is 0 Å². The van der Waals surface area contributed by atoms with E-state index in [4.69, 9.17) is 5.73 Å². The molecule has 0 aromatic heterocycles. The lowest BCUT2D eigenvalue weighted by Crippen LogP contribution is -2.28. The number of carbonyl (C=O) groups excluding carboxylic acids is 2. The number of hydrogen-bond donors (Lipinski definition) is 2. The van der Waals surface area contributed by atoms with E-state index in [-0.39, 0.29) is 17.9 Å². The molecule has 130 valence electrons. The first kappa shape index (κ1) is 17.0. The Labute approximate surface area is 143 Å². The van der Waals surface area contributed by atoms with Gasteiger partial charge in [-0.25, -0.2) is 0 Å². The van der Waals surface area contributed by atoms with Crippen molar-refractivity contribution in [1.29, 1.82) is 0 Å². The minimum absolute atomic E-state index is 0.0130. The molecule has 2 aliphatic rings. The summed E-state index contributed by atoms with van der Waals surface area (Å²) in [6.45, 7) is 3.62. The minimum Gasteiger partial charge on any atom is -0.339 e. The molecule has 1 heterocycles. The monoisotopic (exact) mass is 329 g/mol.